The van der Waals surface area contributed by atoms with Gasteiger partial charge in [-0.05, 0) is 5.56 Å². The number of hydrogen-bond donors (Lipinski definition) is 0. The second kappa shape index (κ2) is 4.01. The zero-order valence-corrected chi connectivity index (χ0v) is 8.93. The molecule has 0 amide bonds. The van der Waals surface area contributed by atoms with E-state index in [1.807, 2.05) is 30.3 Å². The molecule has 1 aromatic heterocycles. The fraction of sp³-hybridized carbons (Fsp3) is 0.111. The highest BCUT2D eigenvalue weighted by Crippen LogP contribution is 2.08. The standard InChI is InChI=1S/C9H8FN3O2S/c10-16(14,15)9-7-13(12-11-9)6-8-4-2-1-3-5-8/h1-5,7H,6H2. The van der Waals surface area contributed by atoms with Crippen molar-refractivity contribution in [1.29, 1.82) is 0 Å². The Balaban J connectivity index is 2.22. The molecule has 0 spiro atoms. The first-order chi connectivity index (χ1) is 7.55. The summed E-state index contributed by atoms with van der Waals surface area (Å²) in [6.07, 6.45) is 1.06. The average Bonchev–Trinajstić information content (AvgIpc) is 2.67. The second-order valence-corrected chi connectivity index (χ2v) is 4.47. The van der Waals surface area contributed by atoms with Gasteiger partial charge in [0.15, 0.2) is 0 Å². The monoisotopic (exact) mass is 241 g/mol. The highest BCUT2D eigenvalue weighted by Gasteiger charge is 2.16. The lowest BCUT2D eigenvalue weighted by atomic mass is 10.2. The Morgan fingerprint density at radius 3 is 2.50 bits per heavy atom. The molecule has 0 aliphatic carbocycles. The summed E-state index contributed by atoms with van der Waals surface area (Å²) in [7, 11) is -4.77. The van der Waals surface area contributed by atoms with Crippen molar-refractivity contribution < 1.29 is 12.3 Å². The zero-order valence-electron chi connectivity index (χ0n) is 8.12. The summed E-state index contributed by atoms with van der Waals surface area (Å²) >= 11 is 0. The van der Waals surface area contributed by atoms with Crippen LogP contribution in [0.3, 0.4) is 0 Å². The van der Waals surface area contributed by atoms with Gasteiger partial charge in [0.1, 0.15) is 0 Å². The Bertz CT molecular complexity index is 580. The largest absolute Gasteiger partial charge is 0.353 e. The Hall–Kier alpha value is -1.76. The van der Waals surface area contributed by atoms with Crippen LogP contribution in [0, 0.1) is 0 Å². The maximum absolute atomic E-state index is 12.5. The molecule has 0 saturated heterocycles. The van der Waals surface area contributed by atoms with Gasteiger partial charge in [0, 0.05) is 0 Å². The van der Waals surface area contributed by atoms with Crippen LogP contribution in [0.15, 0.2) is 41.6 Å². The summed E-state index contributed by atoms with van der Waals surface area (Å²) < 4.78 is 34.8. The molecule has 16 heavy (non-hydrogen) atoms. The van der Waals surface area contributed by atoms with Gasteiger partial charge in [-0.1, -0.05) is 39.4 Å². The van der Waals surface area contributed by atoms with Gasteiger partial charge in [-0.2, -0.15) is 8.42 Å². The van der Waals surface area contributed by atoms with Crippen molar-refractivity contribution in [2.45, 2.75) is 11.6 Å². The molecular formula is C9H8FN3O2S. The number of benzene rings is 1. The van der Waals surface area contributed by atoms with Crippen molar-refractivity contribution >= 4 is 10.2 Å². The predicted molar refractivity (Wildman–Crippen MR) is 53.9 cm³/mol. The summed E-state index contributed by atoms with van der Waals surface area (Å²) in [5, 5.41) is 6.10. The topological polar surface area (TPSA) is 64.8 Å². The Kier molecular flexibility index (Phi) is 2.69. The van der Waals surface area contributed by atoms with E-state index in [4.69, 9.17) is 0 Å². The van der Waals surface area contributed by atoms with E-state index in [9.17, 15) is 12.3 Å². The van der Waals surface area contributed by atoms with Gasteiger partial charge in [0.2, 0.25) is 5.03 Å². The van der Waals surface area contributed by atoms with E-state index in [1.54, 1.807) is 0 Å². The van der Waals surface area contributed by atoms with Gasteiger partial charge in [-0.15, -0.1) is 5.10 Å². The first-order valence-corrected chi connectivity index (χ1v) is 5.83. The average molecular weight is 241 g/mol. The molecule has 0 unspecified atom stereocenters. The van der Waals surface area contributed by atoms with Crippen molar-refractivity contribution in [3.63, 3.8) is 0 Å². The lowest BCUT2D eigenvalue weighted by Gasteiger charge is -1.98. The highest BCUT2D eigenvalue weighted by molar-refractivity contribution is 7.86. The molecule has 0 aliphatic rings. The van der Waals surface area contributed by atoms with Crippen LogP contribution in [-0.2, 0) is 16.8 Å². The third-order valence-electron chi connectivity index (χ3n) is 1.95. The minimum absolute atomic E-state index is 0.351. The van der Waals surface area contributed by atoms with E-state index in [0.29, 0.717) is 6.54 Å². The molecule has 1 aromatic carbocycles. The number of hydrogen-bond acceptors (Lipinski definition) is 4. The molecule has 0 bridgehead atoms. The molecule has 0 saturated carbocycles. The SMILES string of the molecule is O=S(=O)(F)c1cn(Cc2ccccc2)nn1. The highest BCUT2D eigenvalue weighted by atomic mass is 32.3. The molecular weight excluding hydrogens is 233 g/mol. The molecule has 0 fully saturated rings. The Morgan fingerprint density at radius 1 is 1.25 bits per heavy atom. The molecule has 2 aromatic rings. The normalized spacial score (nSPS) is 11.6. The molecule has 0 N–H and O–H groups in total. The molecule has 0 radical (unpaired) electrons. The van der Waals surface area contributed by atoms with Crippen LogP contribution < -0.4 is 0 Å². The van der Waals surface area contributed by atoms with Crippen LogP contribution in [0.2, 0.25) is 0 Å². The number of rotatable bonds is 3. The van der Waals surface area contributed by atoms with Gasteiger partial charge in [-0.3, -0.25) is 0 Å². The summed E-state index contributed by atoms with van der Waals surface area (Å²) in [6.45, 7) is 0.351. The van der Waals surface area contributed by atoms with E-state index in [-0.39, 0.29) is 0 Å². The smallest absolute Gasteiger partial charge is 0.247 e. The molecule has 1 heterocycles. The van der Waals surface area contributed by atoms with E-state index >= 15 is 0 Å². The Morgan fingerprint density at radius 2 is 1.94 bits per heavy atom. The van der Waals surface area contributed by atoms with Gasteiger partial charge in [-0.25, -0.2) is 4.68 Å². The van der Waals surface area contributed by atoms with Crippen LogP contribution in [0.4, 0.5) is 3.89 Å². The van der Waals surface area contributed by atoms with Crippen LogP contribution in [0.1, 0.15) is 5.56 Å². The van der Waals surface area contributed by atoms with Crippen LogP contribution in [0.5, 0.6) is 0 Å². The van der Waals surface area contributed by atoms with Crippen molar-refractivity contribution in [2.24, 2.45) is 0 Å². The lowest BCUT2D eigenvalue weighted by Crippen LogP contribution is -1.99. The number of nitrogens with zero attached hydrogens (tertiary/aromatic N) is 3. The molecule has 7 heteroatoms. The van der Waals surface area contributed by atoms with Gasteiger partial charge in [0.05, 0.1) is 12.7 Å². The Labute approximate surface area is 91.7 Å². The fourth-order valence-corrected chi connectivity index (χ4v) is 1.62. The van der Waals surface area contributed by atoms with E-state index in [0.717, 1.165) is 11.8 Å². The third kappa shape index (κ3) is 2.43. The van der Waals surface area contributed by atoms with Crippen molar-refractivity contribution in [3.8, 4) is 0 Å². The van der Waals surface area contributed by atoms with Crippen LogP contribution in [-0.4, -0.2) is 23.4 Å². The van der Waals surface area contributed by atoms with Gasteiger partial charge >= 0.3 is 10.2 Å². The first kappa shape index (κ1) is 10.7. The molecule has 0 atom stereocenters. The summed E-state index contributed by atoms with van der Waals surface area (Å²) in [6, 6.07) is 9.26. The molecule has 2 rings (SSSR count). The van der Waals surface area contributed by atoms with E-state index in [1.165, 1.54) is 4.68 Å². The van der Waals surface area contributed by atoms with Crippen LogP contribution in [0.25, 0.3) is 0 Å². The third-order valence-corrected chi connectivity index (χ3v) is 2.64. The number of halogens is 1. The quantitative estimate of drug-likeness (QED) is 0.751. The van der Waals surface area contributed by atoms with E-state index < -0.39 is 15.2 Å². The maximum atomic E-state index is 12.5. The zero-order chi connectivity index (χ0) is 11.6. The van der Waals surface area contributed by atoms with Crippen molar-refractivity contribution in [3.05, 3.63) is 42.1 Å². The molecule has 0 aliphatic heterocycles. The predicted octanol–water partition coefficient (Wildman–Crippen LogP) is 0.985. The van der Waals surface area contributed by atoms with E-state index in [2.05, 4.69) is 10.3 Å². The molecule has 5 nitrogen and oxygen atoms in total. The van der Waals surface area contributed by atoms with Crippen molar-refractivity contribution in [2.75, 3.05) is 0 Å². The maximum Gasteiger partial charge on any atom is 0.353 e. The van der Waals surface area contributed by atoms with Gasteiger partial charge < -0.3 is 0 Å². The summed E-state index contributed by atoms with van der Waals surface area (Å²) in [5.41, 5.74) is 0.926. The first-order valence-electron chi connectivity index (χ1n) is 4.44. The summed E-state index contributed by atoms with van der Waals surface area (Å²) in [5.74, 6) is 0. The minimum Gasteiger partial charge on any atom is -0.247 e. The van der Waals surface area contributed by atoms with Crippen LogP contribution >= 0.6 is 0 Å². The lowest BCUT2D eigenvalue weighted by molar-refractivity contribution is 0.547. The minimum atomic E-state index is -4.77. The molecule has 84 valence electrons. The second-order valence-electron chi connectivity index (χ2n) is 3.18. The summed E-state index contributed by atoms with van der Waals surface area (Å²) in [4.78, 5) is 0. The van der Waals surface area contributed by atoms with Gasteiger partial charge in [0.25, 0.3) is 0 Å². The van der Waals surface area contributed by atoms with Crippen molar-refractivity contribution in [1.82, 2.24) is 15.0 Å². The number of aromatic nitrogens is 3. The fourth-order valence-electron chi connectivity index (χ4n) is 1.24.